The smallest absolute Gasteiger partial charge is 0.210 e. The van der Waals surface area contributed by atoms with Crippen LogP contribution in [0.15, 0.2) is 0 Å². The topological polar surface area (TPSA) is 46.3 Å². The summed E-state index contributed by atoms with van der Waals surface area (Å²) in [5.41, 5.74) is 6.02. The molecule has 0 spiro atoms. The third-order valence-corrected chi connectivity index (χ3v) is 2.51. The third kappa shape index (κ3) is 1.61. The molecule has 0 aromatic rings. The maximum Gasteiger partial charge on any atom is 0.210 e. The van der Waals surface area contributed by atoms with Gasteiger partial charge in [0.05, 0.1) is 6.04 Å². The van der Waals surface area contributed by atoms with Gasteiger partial charge in [0, 0.05) is 12.6 Å². The quantitative estimate of drug-likeness (QED) is 0.585. The van der Waals surface area contributed by atoms with Gasteiger partial charge >= 0.3 is 0 Å². The number of amides is 1. The van der Waals surface area contributed by atoms with E-state index >= 15 is 0 Å². The molecule has 12 heavy (non-hydrogen) atoms. The van der Waals surface area contributed by atoms with E-state index in [4.69, 9.17) is 5.73 Å². The molecule has 1 unspecified atom stereocenters. The minimum Gasteiger partial charge on any atom is -0.340 e. The molecule has 1 aliphatic heterocycles. The van der Waals surface area contributed by atoms with Gasteiger partial charge in [0.25, 0.3) is 0 Å². The van der Waals surface area contributed by atoms with Crippen LogP contribution < -0.4 is 5.73 Å². The van der Waals surface area contributed by atoms with Crippen LogP contribution >= 0.6 is 0 Å². The molecule has 1 amide bonds. The zero-order valence-corrected chi connectivity index (χ0v) is 8.08. The van der Waals surface area contributed by atoms with Crippen molar-refractivity contribution < 1.29 is 4.79 Å². The molecule has 3 nitrogen and oxygen atoms in total. The van der Waals surface area contributed by atoms with Crippen molar-refractivity contribution in [2.24, 2.45) is 11.1 Å². The highest BCUT2D eigenvalue weighted by atomic mass is 16.1. The van der Waals surface area contributed by atoms with E-state index < -0.39 is 0 Å². The van der Waals surface area contributed by atoms with Gasteiger partial charge in [-0.1, -0.05) is 20.8 Å². The van der Waals surface area contributed by atoms with Crippen LogP contribution in [0, 0.1) is 5.41 Å². The predicted octanol–water partition coefficient (Wildman–Crippen LogP) is 0.591. The maximum absolute atomic E-state index is 10.7. The fraction of sp³-hybridized carbons (Fsp3) is 0.889. The number of carbonyl (C=O) groups excluding carboxylic acids is 1. The van der Waals surface area contributed by atoms with Crippen LogP contribution in [0.4, 0.5) is 0 Å². The highest BCUT2D eigenvalue weighted by molar-refractivity contribution is 5.49. The number of nitrogens with zero attached hydrogens (tertiary/aromatic N) is 1. The van der Waals surface area contributed by atoms with Crippen molar-refractivity contribution in [2.45, 2.75) is 39.3 Å². The van der Waals surface area contributed by atoms with E-state index in [0.717, 1.165) is 19.4 Å². The summed E-state index contributed by atoms with van der Waals surface area (Å²) in [5.74, 6) is 0. The second-order valence-electron chi connectivity index (χ2n) is 4.61. The number of hydrogen-bond acceptors (Lipinski definition) is 2. The van der Waals surface area contributed by atoms with Gasteiger partial charge in [-0.2, -0.15) is 0 Å². The van der Waals surface area contributed by atoms with Crippen LogP contribution in [-0.4, -0.2) is 29.9 Å². The monoisotopic (exact) mass is 170 g/mol. The van der Waals surface area contributed by atoms with Crippen LogP contribution in [-0.2, 0) is 4.79 Å². The first kappa shape index (κ1) is 9.52. The lowest BCUT2D eigenvalue weighted by Gasteiger charge is -2.35. The lowest BCUT2D eigenvalue weighted by Crippen LogP contribution is -2.47. The summed E-state index contributed by atoms with van der Waals surface area (Å²) < 4.78 is 0. The van der Waals surface area contributed by atoms with Gasteiger partial charge in [-0.15, -0.1) is 0 Å². The summed E-state index contributed by atoms with van der Waals surface area (Å²) in [4.78, 5) is 12.5. The Bertz CT molecular complexity index is 174. The molecule has 0 aromatic carbocycles. The molecule has 2 atom stereocenters. The molecular formula is C9H18N2O. The largest absolute Gasteiger partial charge is 0.340 e. The van der Waals surface area contributed by atoms with Crippen molar-refractivity contribution in [3.05, 3.63) is 0 Å². The molecule has 1 rings (SSSR count). The van der Waals surface area contributed by atoms with E-state index in [0.29, 0.717) is 0 Å². The van der Waals surface area contributed by atoms with Crippen LogP contribution in [0.2, 0.25) is 0 Å². The Kier molecular flexibility index (Phi) is 2.42. The van der Waals surface area contributed by atoms with Gasteiger partial charge in [0.15, 0.2) is 0 Å². The molecule has 1 aliphatic rings. The van der Waals surface area contributed by atoms with Gasteiger partial charge in [-0.05, 0) is 11.8 Å². The average Bonchev–Trinajstić information content (AvgIpc) is 2.29. The SMILES string of the molecule is CC(C)(C)[C@H]1C(N)CCN1C=O. The van der Waals surface area contributed by atoms with Crippen molar-refractivity contribution in [1.82, 2.24) is 4.90 Å². The summed E-state index contributed by atoms with van der Waals surface area (Å²) >= 11 is 0. The normalized spacial score (nSPS) is 30.8. The van der Waals surface area contributed by atoms with Crippen molar-refractivity contribution in [3.8, 4) is 0 Å². The molecule has 0 radical (unpaired) electrons. The Labute approximate surface area is 73.9 Å². The Morgan fingerprint density at radius 1 is 1.50 bits per heavy atom. The minimum atomic E-state index is 0.0941. The average molecular weight is 170 g/mol. The highest BCUT2D eigenvalue weighted by Gasteiger charge is 2.38. The van der Waals surface area contributed by atoms with Crippen molar-refractivity contribution >= 4 is 6.41 Å². The molecule has 1 fully saturated rings. The van der Waals surface area contributed by atoms with E-state index in [-0.39, 0.29) is 17.5 Å². The second kappa shape index (κ2) is 3.05. The van der Waals surface area contributed by atoms with E-state index in [1.54, 1.807) is 0 Å². The maximum atomic E-state index is 10.7. The summed E-state index contributed by atoms with van der Waals surface area (Å²) in [6.07, 6.45) is 1.85. The Morgan fingerprint density at radius 3 is 2.42 bits per heavy atom. The molecular weight excluding hydrogens is 152 g/mol. The zero-order valence-electron chi connectivity index (χ0n) is 8.08. The summed E-state index contributed by atoms with van der Waals surface area (Å²) in [5, 5.41) is 0. The number of likely N-dealkylation sites (tertiary alicyclic amines) is 1. The van der Waals surface area contributed by atoms with E-state index in [1.165, 1.54) is 0 Å². The van der Waals surface area contributed by atoms with Crippen molar-refractivity contribution in [1.29, 1.82) is 0 Å². The fourth-order valence-electron chi connectivity index (χ4n) is 2.10. The molecule has 1 heterocycles. The summed E-state index contributed by atoms with van der Waals surface area (Å²) in [7, 11) is 0. The van der Waals surface area contributed by atoms with Gasteiger partial charge in [0.1, 0.15) is 0 Å². The van der Waals surface area contributed by atoms with Crippen molar-refractivity contribution in [3.63, 3.8) is 0 Å². The van der Waals surface area contributed by atoms with E-state index in [2.05, 4.69) is 20.8 Å². The molecule has 3 heteroatoms. The molecule has 1 saturated heterocycles. The first-order chi connectivity index (χ1) is 5.46. The minimum absolute atomic E-state index is 0.0941. The first-order valence-electron chi connectivity index (χ1n) is 4.43. The first-order valence-corrected chi connectivity index (χ1v) is 4.43. The highest BCUT2D eigenvalue weighted by Crippen LogP contribution is 2.30. The molecule has 0 saturated carbocycles. The molecule has 0 bridgehead atoms. The van der Waals surface area contributed by atoms with Gasteiger partial charge in [0.2, 0.25) is 6.41 Å². The molecule has 70 valence electrons. The number of rotatable bonds is 1. The fourth-order valence-corrected chi connectivity index (χ4v) is 2.10. The molecule has 2 N–H and O–H groups in total. The summed E-state index contributed by atoms with van der Waals surface area (Å²) in [6, 6.07) is 0.352. The number of hydrogen-bond donors (Lipinski definition) is 1. The van der Waals surface area contributed by atoms with Gasteiger partial charge in [-0.3, -0.25) is 4.79 Å². The number of nitrogens with two attached hydrogens (primary N) is 1. The zero-order chi connectivity index (χ0) is 9.35. The van der Waals surface area contributed by atoms with Gasteiger partial charge in [-0.25, -0.2) is 0 Å². The Balaban J connectivity index is 2.77. The Hall–Kier alpha value is -0.570. The lowest BCUT2D eigenvalue weighted by atomic mass is 9.83. The predicted molar refractivity (Wildman–Crippen MR) is 48.6 cm³/mol. The molecule has 0 aromatic heterocycles. The van der Waals surface area contributed by atoms with E-state index in [1.807, 2.05) is 4.90 Å². The van der Waals surface area contributed by atoms with E-state index in [9.17, 15) is 4.79 Å². The van der Waals surface area contributed by atoms with Crippen LogP contribution in [0.5, 0.6) is 0 Å². The van der Waals surface area contributed by atoms with Crippen LogP contribution in [0.1, 0.15) is 27.2 Å². The number of carbonyl (C=O) groups is 1. The summed E-state index contributed by atoms with van der Waals surface area (Å²) in [6.45, 7) is 7.19. The Morgan fingerprint density at radius 2 is 2.08 bits per heavy atom. The third-order valence-electron chi connectivity index (χ3n) is 2.51. The second-order valence-corrected chi connectivity index (χ2v) is 4.61. The standard InChI is InChI=1S/C9H18N2O/c1-9(2,3)8-7(10)4-5-11(8)6-12/h6-8H,4-5,10H2,1-3H3/t7?,8-/m1/s1. The molecule has 0 aliphatic carbocycles. The lowest BCUT2D eigenvalue weighted by molar-refractivity contribution is -0.120. The van der Waals surface area contributed by atoms with Gasteiger partial charge < -0.3 is 10.6 Å². The van der Waals surface area contributed by atoms with Crippen LogP contribution in [0.3, 0.4) is 0 Å². The van der Waals surface area contributed by atoms with Crippen molar-refractivity contribution in [2.75, 3.05) is 6.54 Å². The van der Waals surface area contributed by atoms with Crippen LogP contribution in [0.25, 0.3) is 0 Å².